The minimum atomic E-state index is 0.0427. The first-order valence-electron chi connectivity index (χ1n) is 8.69. The number of tetrazole rings is 1. The first-order chi connectivity index (χ1) is 13.0. The van der Waals surface area contributed by atoms with Crippen molar-refractivity contribution in [3.63, 3.8) is 0 Å². The zero-order valence-corrected chi connectivity index (χ0v) is 16.7. The van der Waals surface area contributed by atoms with Crippen molar-refractivity contribution in [3.8, 4) is 11.4 Å². The van der Waals surface area contributed by atoms with Crippen LogP contribution in [0, 0.1) is 6.92 Å². The number of carbonyl (C=O) groups excluding carboxylic acids is 1. The molecule has 0 atom stereocenters. The van der Waals surface area contributed by atoms with Gasteiger partial charge in [0.15, 0.2) is 5.78 Å². The van der Waals surface area contributed by atoms with Crippen molar-refractivity contribution in [3.05, 3.63) is 59.2 Å². The van der Waals surface area contributed by atoms with E-state index in [0.717, 1.165) is 11.3 Å². The summed E-state index contributed by atoms with van der Waals surface area (Å²) in [4.78, 5) is 12.5. The zero-order valence-electron chi connectivity index (χ0n) is 15.8. The van der Waals surface area contributed by atoms with Gasteiger partial charge < -0.3 is 4.74 Å². The third-order valence-corrected chi connectivity index (χ3v) is 5.15. The molecule has 0 radical (unpaired) electrons. The lowest BCUT2D eigenvalue weighted by Gasteiger charge is -2.10. The van der Waals surface area contributed by atoms with Gasteiger partial charge in [-0.3, -0.25) is 4.79 Å². The minimum absolute atomic E-state index is 0.0427. The number of rotatable bonds is 7. The summed E-state index contributed by atoms with van der Waals surface area (Å²) in [6, 6.07) is 13.6. The fraction of sp³-hybridized carbons (Fsp3) is 0.300. The van der Waals surface area contributed by atoms with E-state index in [-0.39, 0.29) is 11.5 Å². The van der Waals surface area contributed by atoms with Crippen molar-refractivity contribution in [2.24, 2.45) is 0 Å². The molecule has 0 saturated carbocycles. The molecule has 140 valence electrons. The number of Topliss-reactive ketones (excluding diaryl/α,β-unsaturated/α-hetero) is 1. The average molecular weight is 382 g/mol. The molecule has 1 heterocycles. The maximum Gasteiger partial charge on any atom is 0.214 e. The topological polar surface area (TPSA) is 69.9 Å². The van der Waals surface area contributed by atoms with Crippen LogP contribution in [0.3, 0.4) is 0 Å². The number of ketones is 1. The molecule has 27 heavy (non-hydrogen) atoms. The van der Waals surface area contributed by atoms with Gasteiger partial charge in [0.05, 0.1) is 12.9 Å². The van der Waals surface area contributed by atoms with Gasteiger partial charge >= 0.3 is 0 Å². The van der Waals surface area contributed by atoms with Gasteiger partial charge in [-0.1, -0.05) is 55.9 Å². The fourth-order valence-corrected chi connectivity index (χ4v) is 3.43. The van der Waals surface area contributed by atoms with E-state index < -0.39 is 0 Å². The van der Waals surface area contributed by atoms with Crippen molar-refractivity contribution in [2.45, 2.75) is 31.8 Å². The van der Waals surface area contributed by atoms with Crippen LogP contribution < -0.4 is 4.74 Å². The molecule has 3 rings (SSSR count). The Hall–Kier alpha value is -2.67. The van der Waals surface area contributed by atoms with Crippen LogP contribution in [-0.2, 0) is 0 Å². The molecule has 0 aliphatic rings. The quantitative estimate of drug-likeness (QED) is 0.453. The van der Waals surface area contributed by atoms with Crippen LogP contribution in [0.5, 0.6) is 5.75 Å². The summed E-state index contributed by atoms with van der Waals surface area (Å²) in [5.41, 5.74) is 3.73. The lowest BCUT2D eigenvalue weighted by atomic mass is 10.0. The molecule has 3 aromatic rings. The summed E-state index contributed by atoms with van der Waals surface area (Å²) in [5.74, 6) is 1.42. The second kappa shape index (κ2) is 8.35. The second-order valence-electron chi connectivity index (χ2n) is 6.54. The first-order valence-corrected chi connectivity index (χ1v) is 9.67. The van der Waals surface area contributed by atoms with E-state index >= 15 is 0 Å². The van der Waals surface area contributed by atoms with Gasteiger partial charge in [0.25, 0.3) is 0 Å². The minimum Gasteiger partial charge on any atom is -0.494 e. The molecule has 0 bridgehead atoms. The number of methoxy groups -OCH3 is 1. The van der Waals surface area contributed by atoms with E-state index in [1.807, 2.05) is 49.4 Å². The number of aryl methyl sites for hydroxylation is 1. The number of carbonyl (C=O) groups is 1. The van der Waals surface area contributed by atoms with Crippen LogP contribution in [0.2, 0.25) is 0 Å². The van der Waals surface area contributed by atoms with Crippen molar-refractivity contribution < 1.29 is 9.53 Å². The Bertz CT molecular complexity index is 935. The molecule has 0 aliphatic heterocycles. The molecule has 1 aromatic heterocycles. The van der Waals surface area contributed by atoms with E-state index in [1.165, 1.54) is 17.3 Å². The fourth-order valence-electron chi connectivity index (χ4n) is 2.65. The van der Waals surface area contributed by atoms with E-state index in [0.29, 0.717) is 22.4 Å². The summed E-state index contributed by atoms with van der Waals surface area (Å²) in [7, 11) is 1.61. The lowest BCUT2D eigenvalue weighted by molar-refractivity contribution is 0.102. The maximum absolute atomic E-state index is 12.5. The number of nitrogens with zero attached hydrogens (tertiary/aromatic N) is 4. The summed E-state index contributed by atoms with van der Waals surface area (Å²) in [6.45, 7) is 6.25. The van der Waals surface area contributed by atoms with Crippen LogP contribution in [-0.4, -0.2) is 38.9 Å². The Balaban J connectivity index is 1.76. The Labute approximate surface area is 162 Å². The monoisotopic (exact) mass is 382 g/mol. The Morgan fingerprint density at radius 2 is 1.93 bits per heavy atom. The van der Waals surface area contributed by atoms with E-state index in [4.69, 9.17) is 4.74 Å². The number of hydrogen-bond donors (Lipinski definition) is 0. The van der Waals surface area contributed by atoms with Gasteiger partial charge in [0.2, 0.25) is 5.16 Å². The van der Waals surface area contributed by atoms with Crippen molar-refractivity contribution >= 4 is 17.5 Å². The van der Waals surface area contributed by atoms with Gasteiger partial charge in [-0.2, -0.15) is 4.68 Å². The van der Waals surface area contributed by atoms with Crippen molar-refractivity contribution in [2.75, 3.05) is 12.9 Å². The van der Waals surface area contributed by atoms with Crippen LogP contribution in [0.15, 0.2) is 47.6 Å². The van der Waals surface area contributed by atoms with Gasteiger partial charge in [-0.05, 0) is 46.5 Å². The maximum atomic E-state index is 12.5. The summed E-state index contributed by atoms with van der Waals surface area (Å²) >= 11 is 1.31. The molecule has 0 unspecified atom stereocenters. The normalized spacial score (nSPS) is 11.0. The van der Waals surface area contributed by atoms with Crippen LogP contribution in [0.25, 0.3) is 5.69 Å². The molecule has 0 fully saturated rings. The second-order valence-corrected chi connectivity index (χ2v) is 7.48. The Kier molecular flexibility index (Phi) is 5.91. The summed E-state index contributed by atoms with van der Waals surface area (Å²) < 4.78 is 7.01. The van der Waals surface area contributed by atoms with E-state index in [9.17, 15) is 4.79 Å². The molecule has 0 aliphatic carbocycles. The third kappa shape index (κ3) is 4.36. The molecule has 0 saturated heterocycles. The number of hydrogen-bond acceptors (Lipinski definition) is 6. The highest BCUT2D eigenvalue weighted by Crippen LogP contribution is 2.27. The molecule has 7 heteroatoms. The molecule has 0 amide bonds. The van der Waals surface area contributed by atoms with E-state index in [1.54, 1.807) is 11.8 Å². The smallest absolute Gasteiger partial charge is 0.214 e. The zero-order chi connectivity index (χ0) is 19.4. The highest BCUT2D eigenvalue weighted by Gasteiger charge is 2.16. The SMILES string of the molecule is COc1ccc(C)cc1-n1nnnc1SCC(=O)c1ccc(C(C)C)cc1. The van der Waals surface area contributed by atoms with Gasteiger partial charge in [-0.25, -0.2) is 0 Å². The summed E-state index contributed by atoms with van der Waals surface area (Å²) in [5, 5.41) is 12.4. The predicted octanol–water partition coefficient (Wildman–Crippen LogP) is 4.08. The predicted molar refractivity (Wildman–Crippen MR) is 106 cm³/mol. The molecule has 2 aromatic carbocycles. The highest BCUT2D eigenvalue weighted by atomic mass is 32.2. The number of benzene rings is 2. The molecule has 6 nitrogen and oxygen atoms in total. The largest absolute Gasteiger partial charge is 0.494 e. The standard InChI is InChI=1S/C20H22N4O2S/c1-13(2)15-6-8-16(9-7-15)18(25)12-27-20-21-22-23-24(20)17-11-14(3)5-10-19(17)26-4/h5-11,13H,12H2,1-4H3. The highest BCUT2D eigenvalue weighted by molar-refractivity contribution is 7.99. The Morgan fingerprint density at radius 3 is 2.59 bits per heavy atom. The molecular formula is C20H22N4O2S. The molecular weight excluding hydrogens is 360 g/mol. The van der Waals surface area contributed by atoms with Crippen molar-refractivity contribution in [1.29, 1.82) is 0 Å². The number of aromatic nitrogens is 4. The van der Waals surface area contributed by atoms with E-state index in [2.05, 4.69) is 29.4 Å². The van der Waals surface area contributed by atoms with Crippen LogP contribution >= 0.6 is 11.8 Å². The number of thioether (sulfide) groups is 1. The third-order valence-electron chi connectivity index (χ3n) is 4.24. The van der Waals surface area contributed by atoms with Gasteiger partial charge in [0, 0.05) is 5.56 Å². The molecule has 0 N–H and O–H groups in total. The average Bonchev–Trinajstić information content (AvgIpc) is 3.14. The van der Waals surface area contributed by atoms with Gasteiger partial charge in [0.1, 0.15) is 11.4 Å². The van der Waals surface area contributed by atoms with Crippen molar-refractivity contribution in [1.82, 2.24) is 20.2 Å². The molecule has 0 spiro atoms. The van der Waals surface area contributed by atoms with Gasteiger partial charge in [-0.15, -0.1) is 5.10 Å². The first kappa shape index (κ1) is 19.1. The Morgan fingerprint density at radius 1 is 1.19 bits per heavy atom. The lowest BCUT2D eigenvalue weighted by Crippen LogP contribution is -2.06. The van der Waals surface area contributed by atoms with Crippen LogP contribution in [0.1, 0.15) is 41.3 Å². The number of ether oxygens (including phenoxy) is 1. The van der Waals surface area contributed by atoms with Crippen LogP contribution in [0.4, 0.5) is 0 Å². The summed E-state index contributed by atoms with van der Waals surface area (Å²) in [6.07, 6.45) is 0.